The first-order valence-corrected chi connectivity index (χ1v) is 3.43. The van der Waals surface area contributed by atoms with Crippen LogP contribution in [0.25, 0.3) is 0 Å². The predicted molar refractivity (Wildman–Crippen MR) is 48.6 cm³/mol. The Morgan fingerprint density at radius 3 is 2.73 bits per heavy atom. The van der Waals surface area contributed by atoms with E-state index in [1.54, 1.807) is 0 Å². The zero-order chi connectivity index (χ0) is 7.40. The summed E-state index contributed by atoms with van der Waals surface area (Å²) in [5, 5.41) is 0. The van der Waals surface area contributed by atoms with E-state index in [9.17, 15) is 0 Å². The molecule has 4 heteroatoms. The van der Waals surface area contributed by atoms with Crippen LogP contribution in [0.2, 0.25) is 0 Å². The van der Waals surface area contributed by atoms with Gasteiger partial charge in [0.05, 0.1) is 0 Å². The smallest absolute Gasteiger partial charge is 0.0459 e. The lowest BCUT2D eigenvalue weighted by Crippen LogP contribution is -2.15. The van der Waals surface area contributed by atoms with Crippen molar-refractivity contribution in [2.45, 2.75) is 12.5 Å². The van der Waals surface area contributed by atoms with E-state index in [1.165, 1.54) is 0 Å². The Morgan fingerprint density at radius 2 is 2.27 bits per heavy atom. The van der Waals surface area contributed by atoms with Crippen LogP contribution in [0.15, 0.2) is 18.3 Å². The average Bonchev–Trinajstić information content (AvgIpc) is 2.38. The van der Waals surface area contributed by atoms with Crippen LogP contribution < -0.4 is 11.5 Å². The summed E-state index contributed by atoms with van der Waals surface area (Å²) in [4.78, 5) is 3.04. The van der Waals surface area contributed by atoms with Gasteiger partial charge >= 0.3 is 0 Å². The maximum Gasteiger partial charge on any atom is 0.0459 e. The van der Waals surface area contributed by atoms with Crippen LogP contribution in [0.1, 0.15) is 18.2 Å². The monoisotopic (exact) mass is 175 g/mol. The molecular weight excluding hydrogens is 162 g/mol. The van der Waals surface area contributed by atoms with Crippen molar-refractivity contribution >= 4 is 12.4 Å². The van der Waals surface area contributed by atoms with Crippen molar-refractivity contribution in [1.29, 1.82) is 0 Å². The molecule has 0 aliphatic rings. The molecule has 1 aromatic rings. The van der Waals surface area contributed by atoms with Crippen molar-refractivity contribution in [2.24, 2.45) is 11.5 Å². The Balaban J connectivity index is 0.000001000. The maximum atomic E-state index is 5.74. The fraction of sp³-hybridized carbons (Fsp3) is 0.429. The molecule has 64 valence electrons. The molecule has 0 spiro atoms. The zero-order valence-electron chi connectivity index (χ0n) is 6.29. The van der Waals surface area contributed by atoms with Gasteiger partial charge in [0.2, 0.25) is 0 Å². The summed E-state index contributed by atoms with van der Waals surface area (Å²) in [5.41, 5.74) is 12.1. The molecule has 0 aromatic carbocycles. The average molecular weight is 176 g/mol. The van der Waals surface area contributed by atoms with E-state index in [1.807, 2.05) is 18.3 Å². The van der Waals surface area contributed by atoms with Crippen LogP contribution in [0, 0.1) is 0 Å². The fourth-order valence-corrected chi connectivity index (χ4v) is 0.910. The number of halogens is 1. The predicted octanol–water partition coefficient (Wildman–Crippen LogP) is 0.785. The first-order valence-electron chi connectivity index (χ1n) is 3.43. The van der Waals surface area contributed by atoms with E-state index in [0.29, 0.717) is 6.54 Å². The number of aromatic amines is 1. The van der Waals surface area contributed by atoms with E-state index < -0.39 is 0 Å². The van der Waals surface area contributed by atoms with Crippen molar-refractivity contribution in [3.63, 3.8) is 0 Å². The highest BCUT2D eigenvalue weighted by molar-refractivity contribution is 5.85. The molecule has 11 heavy (non-hydrogen) atoms. The number of aromatic nitrogens is 1. The maximum absolute atomic E-state index is 5.74. The number of H-pyrrole nitrogens is 1. The van der Waals surface area contributed by atoms with Gasteiger partial charge in [-0.2, -0.15) is 0 Å². The van der Waals surface area contributed by atoms with Crippen molar-refractivity contribution in [2.75, 3.05) is 6.54 Å². The summed E-state index contributed by atoms with van der Waals surface area (Å²) >= 11 is 0. The Morgan fingerprint density at radius 1 is 1.55 bits per heavy atom. The summed E-state index contributed by atoms with van der Waals surface area (Å²) in [6.07, 6.45) is 2.70. The van der Waals surface area contributed by atoms with Crippen LogP contribution in [0.3, 0.4) is 0 Å². The second-order valence-corrected chi connectivity index (χ2v) is 2.31. The molecule has 0 amide bonds. The lowest BCUT2D eigenvalue weighted by molar-refractivity contribution is 0.646. The third-order valence-corrected chi connectivity index (χ3v) is 1.50. The minimum Gasteiger partial charge on any atom is -0.364 e. The highest BCUT2D eigenvalue weighted by atomic mass is 35.5. The van der Waals surface area contributed by atoms with Gasteiger partial charge in [-0.25, -0.2) is 0 Å². The van der Waals surface area contributed by atoms with Crippen LogP contribution in [-0.2, 0) is 0 Å². The third-order valence-electron chi connectivity index (χ3n) is 1.50. The molecule has 3 nitrogen and oxygen atoms in total. The standard InChI is InChI=1S/C7H13N3.ClH/c8-4-3-6(9)7-2-1-5-10-7;/h1-2,5-6,10H,3-4,8-9H2;1H/t6-;/m1./s1. The Kier molecular flexibility index (Phi) is 4.94. The summed E-state index contributed by atoms with van der Waals surface area (Å²) in [7, 11) is 0. The van der Waals surface area contributed by atoms with Gasteiger partial charge in [0.25, 0.3) is 0 Å². The minimum atomic E-state index is 0. The van der Waals surface area contributed by atoms with Crippen LogP contribution in [0.5, 0.6) is 0 Å². The summed E-state index contributed by atoms with van der Waals surface area (Å²) in [6, 6.07) is 3.98. The number of nitrogens with two attached hydrogens (primary N) is 2. The number of hydrogen-bond acceptors (Lipinski definition) is 2. The van der Waals surface area contributed by atoms with E-state index >= 15 is 0 Å². The molecule has 1 atom stereocenters. The molecule has 0 fully saturated rings. The Bertz CT molecular complexity index is 174. The van der Waals surface area contributed by atoms with E-state index in [4.69, 9.17) is 11.5 Å². The van der Waals surface area contributed by atoms with Gasteiger partial charge in [-0.1, -0.05) is 0 Å². The van der Waals surface area contributed by atoms with E-state index in [2.05, 4.69) is 4.98 Å². The molecule has 1 aromatic heterocycles. The first kappa shape index (κ1) is 10.5. The normalized spacial score (nSPS) is 12.2. The van der Waals surface area contributed by atoms with Crippen molar-refractivity contribution in [3.8, 4) is 0 Å². The van der Waals surface area contributed by atoms with Gasteiger partial charge < -0.3 is 16.5 Å². The molecule has 5 N–H and O–H groups in total. The molecule has 0 unspecified atom stereocenters. The van der Waals surface area contributed by atoms with Gasteiger partial charge in [-0.05, 0) is 25.1 Å². The van der Waals surface area contributed by atoms with Crippen LogP contribution >= 0.6 is 12.4 Å². The van der Waals surface area contributed by atoms with Gasteiger partial charge in [-0.15, -0.1) is 12.4 Å². The molecule has 1 heterocycles. The highest BCUT2D eigenvalue weighted by Gasteiger charge is 2.03. The van der Waals surface area contributed by atoms with Gasteiger partial charge in [0, 0.05) is 17.9 Å². The molecule has 0 saturated heterocycles. The molecule has 0 aliphatic carbocycles. The Labute approximate surface area is 72.6 Å². The van der Waals surface area contributed by atoms with Gasteiger partial charge in [0.1, 0.15) is 0 Å². The lowest BCUT2D eigenvalue weighted by atomic mass is 10.1. The first-order chi connectivity index (χ1) is 4.84. The summed E-state index contributed by atoms with van der Waals surface area (Å²) in [5.74, 6) is 0. The van der Waals surface area contributed by atoms with Gasteiger partial charge in [-0.3, -0.25) is 0 Å². The fourth-order valence-electron chi connectivity index (χ4n) is 0.910. The molecule has 0 saturated carbocycles. The molecule has 0 aliphatic heterocycles. The molecule has 0 bridgehead atoms. The largest absolute Gasteiger partial charge is 0.364 e. The Hall–Kier alpha value is -0.510. The summed E-state index contributed by atoms with van der Waals surface area (Å²) < 4.78 is 0. The number of hydrogen-bond donors (Lipinski definition) is 3. The van der Waals surface area contributed by atoms with Gasteiger partial charge in [0.15, 0.2) is 0 Å². The SMILES string of the molecule is Cl.NCC[C@@H](N)c1ccc[nH]1. The number of rotatable bonds is 3. The van der Waals surface area contributed by atoms with Crippen molar-refractivity contribution in [1.82, 2.24) is 4.98 Å². The summed E-state index contributed by atoms with van der Waals surface area (Å²) in [6.45, 7) is 0.639. The topological polar surface area (TPSA) is 67.8 Å². The second kappa shape index (κ2) is 5.18. The molecule has 1 rings (SSSR count). The van der Waals surface area contributed by atoms with E-state index in [-0.39, 0.29) is 18.4 Å². The quantitative estimate of drug-likeness (QED) is 0.636. The highest BCUT2D eigenvalue weighted by Crippen LogP contribution is 2.08. The van der Waals surface area contributed by atoms with Crippen molar-refractivity contribution in [3.05, 3.63) is 24.0 Å². The van der Waals surface area contributed by atoms with Crippen molar-refractivity contribution < 1.29 is 0 Å². The van der Waals surface area contributed by atoms with Crippen LogP contribution in [0.4, 0.5) is 0 Å². The lowest BCUT2D eigenvalue weighted by Gasteiger charge is -2.06. The zero-order valence-corrected chi connectivity index (χ0v) is 7.10. The second-order valence-electron chi connectivity index (χ2n) is 2.31. The molecule has 0 radical (unpaired) electrons. The molecular formula is C7H14ClN3. The third kappa shape index (κ3) is 2.93. The number of nitrogens with one attached hydrogen (secondary N) is 1. The minimum absolute atomic E-state index is 0. The van der Waals surface area contributed by atoms with E-state index in [0.717, 1.165) is 12.1 Å². The van der Waals surface area contributed by atoms with Crippen LogP contribution in [-0.4, -0.2) is 11.5 Å².